The first-order valence-corrected chi connectivity index (χ1v) is 7.99. The Bertz CT molecular complexity index is 435. The monoisotopic (exact) mass is 279 g/mol. The molecule has 0 aromatic carbocycles. The van der Waals surface area contributed by atoms with Crippen molar-refractivity contribution in [3.63, 3.8) is 0 Å². The first-order chi connectivity index (χ1) is 9.78. The summed E-state index contributed by atoms with van der Waals surface area (Å²) >= 11 is 0. The fourth-order valence-electron chi connectivity index (χ4n) is 3.57. The molecule has 1 saturated heterocycles. The number of aromatic nitrogens is 2. The molecule has 1 aromatic heterocycles. The summed E-state index contributed by atoms with van der Waals surface area (Å²) in [5.74, 6) is 2.25. The van der Waals surface area contributed by atoms with Crippen LogP contribution >= 0.6 is 0 Å². The largest absolute Gasteiger partial charge is 0.371 e. The SMILES string of the molecule is CCOC(C)c1noc(C2CCC3CCCCC3N2)n1. The number of piperidine rings is 1. The van der Waals surface area contributed by atoms with Crippen LogP contribution in [0.2, 0.25) is 0 Å². The van der Waals surface area contributed by atoms with E-state index >= 15 is 0 Å². The van der Waals surface area contributed by atoms with Gasteiger partial charge in [-0.2, -0.15) is 4.98 Å². The summed E-state index contributed by atoms with van der Waals surface area (Å²) in [6.07, 6.45) is 7.69. The smallest absolute Gasteiger partial charge is 0.243 e. The van der Waals surface area contributed by atoms with Gasteiger partial charge in [-0.3, -0.25) is 0 Å². The van der Waals surface area contributed by atoms with Gasteiger partial charge in [0.15, 0.2) is 5.82 Å². The van der Waals surface area contributed by atoms with Gasteiger partial charge < -0.3 is 14.6 Å². The lowest BCUT2D eigenvalue weighted by Crippen LogP contribution is -2.44. The van der Waals surface area contributed by atoms with Crippen LogP contribution in [0.25, 0.3) is 0 Å². The maximum absolute atomic E-state index is 5.51. The predicted molar refractivity (Wildman–Crippen MR) is 75.2 cm³/mol. The quantitative estimate of drug-likeness (QED) is 0.917. The van der Waals surface area contributed by atoms with Crippen LogP contribution < -0.4 is 5.32 Å². The fraction of sp³-hybridized carbons (Fsp3) is 0.867. The Hall–Kier alpha value is -0.940. The van der Waals surface area contributed by atoms with Gasteiger partial charge in [-0.1, -0.05) is 18.0 Å². The third kappa shape index (κ3) is 2.88. The molecule has 112 valence electrons. The average Bonchev–Trinajstić information content (AvgIpc) is 2.97. The highest BCUT2D eigenvalue weighted by Gasteiger charge is 2.34. The standard InChI is InChI=1S/C15H25N3O2/c1-3-19-10(2)14-17-15(20-18-14)13-9-8-11-6-4-5-7-12(11)16-13/h10-13,16H,3-9H2,1-2H3. The molecule has 2 aliphatic rings. The van der Waals surface area contributed by atoms with E-state index in [1.807, 2.05) is 13.8 Å². The van der Waals surface area contributed by atoms with Gasteiger partial charge in [0.25, 0.3) is 0 Å². The van der Waals surface area contributed by atoms with Crippen molar-refractivity contribution < 1.29 is 9.26 Å². The summed E-state index contributed by atoms with van der Waals surface area (Å²) in [7, 11) is 0. The molecule has 1 aliphatic heterocycles. The molecule has 5 heteroatoms. The van der Waals surface area contributed by atoms with E-state index in [9.17, 15) is 0 Å². The van der Waals surface area contributed by atoms with Crippen LogP contribution in [0.15, 0.2) is 4.52 Å². The zero-order valence-corrected chi connectivity index (χ0v) is 12.5. The number of hydrogen-bond acceptors (Lipinski definition) is 5. The van der Waals surface area contributed by atoms with Crippen LogP contribution in [0.4, 0.5) is 0 Å². The van der Waals surface area contributed by atoms with Crippen molar-refractivity contribution in [2.75, 3.05) is 6.61 Å². The maximum atomic E-state index is 5.51. The van der Waals surface area contributed by atoms with E-state index in [4.69, 9.17) is 9.26 Å². The molecule has 1 saturated carbocycles. The molecule has 1 aliphatic carbocycles. The Balaban J connectivity index is 1.64. The van der Waals surface area contributed by atoms with E-state index in [2.05, 4.69) is 15.5 Å². The summed E-state index contributed by atoms with van der Waals surface area (Å²) in [6.45, 7) is 4.60. The molecule has 1 aromatic rings. The van der Waals surface area contributed by atoms with Crippen molar-refractivity contribution >= 4 is 0 Å². The zero-order valence-electron chi connectivity index (χ0n) is 12.5. The summed E-state index contributed by atoms with van der Waals surface area (Å²) in [5.41, 5.74) is 0. The van der Waals surface area contributed by atoms with Gasteiger partial charge in [-0.15, -0.1) is 0 Å². The van der Waals surface area contributed by atoms with Gasteiger partial charge in [0.1, 0.15) is 6.10 Å². The summed E-state index contributed by atoms with van der Waals surface area (Å²) in [6, 6.07) is 0.867. The number of ether oxygens (including phenoxy) is 1. The Morgan fingerprint density at radius 3 is 3.00 bits per heavy atom. The summed E-state index contributed by atoms with van der Waals surface area (Å²) < 4.78 is 11.0. The molecule has 3 rings (SSSR count). The minimum atomic E-state index is -0.0940. The third-order valence-corrected chi connectivity index (χ3v) is 4.69. The van der Waals surface area contributed by atoms with E-state index < -0.39 is 0 Å². The zero-order chi connectivity index (χ0) is 13.9. The number of fused-ring (bicyclic) bond motifs is 1. The lowest BCUT2D eigenvalue weighted by molar-refractivity contribution is 0.0683. The van der Waals surface area contributed by atoms with E-state index in [1.54, 1.807) is 0 Å². The number of nitrogens with one attached hydrogen (secondary N) is 1. The molecular weight excluding hydrogens is 254 g/mol. The van der Waals surface area contributed by atoms with Gasteiger partial charge in [-0.05, 0) is 45.4 Å². The Morgan fingerprint density at radius 1 is 1.30 bits per heavy atom. The second kappa shape index (κ2) is 6.22. The first-order valence-electron chi connectivity index (χ1n) is 7.99. The van der Waals surface area contributed by atoms with Gasteiger partial charge in [0.2, 0.25) is 5.89 Å². The van der Waals surface area contributed by atoms with Crippen LogP contribution in [-0.2, 0) is 4.74 Å². The second-order valence-corrected chi connectivity index (χ2v) is 6.04. The van der Waals surface area contributed by atoms with E-state index in [0.717, 1.165) is 18.2 Å². The lowest BCUT2D eigenvalue weighted by Gasteiger charge is -2.39. The van der Waals surface area contributed by atoms with E-state index in [1.165, 1.54) is 32.1 Å². The highest BCUT2D eigenvalue weighted by molar-refractivity contribution is 5.00. The highest BCUT2D eigenvalue weighted by atomic mass is 16.5. The average molecular weight is 279 g/mol. The van der Waals surface area contributed by atoms with Crippen molar-refractivity contribution in [1.29, 1.82) is 0 Å². The molecule has 2 fully saturated rings. The molecule has 4 unspecified atom stereocenters. The van der Waals surface area contributed by atoms with Gasteiger partial charge in [-0.25, -0.2) is 0 Å². The van der Waals surface area contributed by atoms with Crippen molar-refractivity contribution in [3.8, 4) is 0 Å². The van der Waals surface area contributed by atoms with Crippen LogP contribution in [0, 0.1) is 5.92 Å². The molecule has 2 heterocycles. The minimum absolute atomic E-state index is 0.0940. The lowest BCUT2D eigenvalue weighted by atomic mass is 9.78. The normalized spacial score (nSPS) is 31.8. The Kier molecular flexibility index (Phi) is 4.36. The molecule has 0 radical (unpaired) electrons. The third-order valence-electron chi connectivity index (χ3n) is 4.69. The molecule has 0 amide bonds. The van der Waals surface area contributed by atoms with Gasteiger partial charge in [0, 0.05) is 12.6 Å². The molecule has 0 spiro atoms. The summed E-state index contributed by atoms with van der Waals surface area (Å²) in [4.78, 5) is 4.52. The van der Waals surface area contributed by atoms with Gasteiger partial charge >= 0.3 is 0 Å². The highest BCUT2D eigenvalue weighted by Crippen LogP contribution is 2.36. The molecular formula is C15H25N3O2. The fourth-order valence-corrected chi connectivity index (χ4v) is 3.57. The van der Waals surface area contributed by atoms with Gasteiger partial charge in [0.05, 0.1) is 6.04 Å². The van der Waals surface area contributed by atoms with Crippen molar-refractivity contribution in [2.45, 2.75) is 70.6 Å². The predicted octanol–water partition coefficient (Wildman–Crippen LogP) is 3.15. The van der Waals surface area contributed by atoms with Crippen LogP contribution in [0.3, 0.4) is 0 Å². The second-order valence-electron chi connectivity index (χ2n) is 6.04. The summed E-state index contributed by atoms with van der Waals surface area (Å²) in [5, 5.41) is 7.78. The molecule has 20 heavy (non-hydrogen) atoms. The van der Waals surface area contributed by atoms with Crippen molar-refractivity contribution in [2.24, 2.45) is 5.92 Å². The number of rotatable bonds is 4. The molecule has 0 bridgehead atoms. The van der Waals surface area contributed by atoms with Crippen molar-refractivity contribution in [3.05, 3.63) is 11.7 Å². The van der Waals surface area contributed by atoms with Crippen LogP contribution in [0.1, 0.15) is 76.2 Å². The molecule has 4 atom stereocenters. The topological polar surface area (TPSA) is 60.2 Å². The number of nitrogens with zero attached hydrogens (tertiary/aromatic N) is 2. The molecule has 1 N–H and O–H groups in total. The number of hydrogen-bond donors (Lipinski definition) is 1. The minimum Gasteiger partial charge on any atom is -0.371 e. The maximum Gasteiger partial charge on any atom is 0.243 e. The van der Waals surface area contributed by atoms with Crippen molar-refractivity contribution in [1.82, 2.24) is 15.5 Å². The van der Waals surface area contributed by atoms with E-state index in [0.29, 0.717) is 18.5 Å². The van der Waals surface area contributed by atoms with E-state index in [-0.39, 0.29) is 12.1 Å². The van der Waals surface area contributed by atoms with Crippen LogP contribution in [-0.4, -0.2) is 22.8 Å². The Morgan fingerprint density at radius 2 is 2.15 bits per heavy atom. The Labute approximate surface area is 120 Å². The molecule has 5 nitrogen and oxygen atoms in total. The first kappa shape index (κ1) is 14.0. The van der Waals surface area contributed by atoms with Crippen LogP contribution in [0.5, 0.6) is 0 Å².